The summed E-state index contributed by atoms with van der Waals surface area (Å²) in [6.45, 7) is 4.72. The van der Waals surface area contributed by atoms with Crippen LogP contribution in [-0.2, 0) is 27.3 Å². The molecule has 1 aliphatic heterocycles. The highest BCUT2D eigenvalue weighted by molar-refractivity contribution is 5.98. The van der Waals surface area contributed by atoms with E-state index in [1.54, 1.807) is 7.11 Å². The Morgan fingerprint density at radius 2 is 2.00 bits per heavy atom. The Labute approximate surface area is 198 Å². The van der Waals surface area contributed by atoms with Gasteiger partial charge in [0.2, 0.25) is 11.8 Å². The van der Waals surface area contributed by atoms with Crippen molar-refractivity contribution in [1.29, 1.82) is 0 Å². The number of nitrogens with zero attached hydrogens (tertiary/aromatic N) is 2. The molecule has 2 amide bonds. The van der Waals surface area contributed by atoms with Gasteiger partial charge in [-0.2, -0.15) is 0 Å². The van der Waals surface area contributed by atoms with E-state index in [1.807, 2.05) is 38.1 Å². The summed E-state index contributed by atoms with van der Waals surface area (Å²) in [5, 5.41) is 2.89. The summed E-state index contributed by atoms with van der Waals surface area (Å²) in [5.74, 6) is -0.762. The second kappa shape index (κ2) is 11.1. The van der Waals surface area contributed by atoms with Crippen LogP contribution in [0.4, 0.5) is 17.2 Å². The van der Waals surface area contributed by atoms with Gasteiger partial charge in [0.25, 0.3) is 5.56 Å². The first-order valence-corrected chi connectivity index (χ1v) is 11.5. The second-order valence-electron chi connectivity index (χ2n) is 8.98. The number of nitrogens with two attached hydrogens (primary N) is 1. The van der Waals surface area contributed by atoms with Crippen molar-refractivity contribution in [2.45, 2.75) is 46.1 Å². The lowest BCUT2D eigenvalue weighted by Gasteiger charge is -2.27. The number of benzene rings is 1. The Kier molecular flexibility index (Phi) is 8.27. The highest BCUT2D eigenvalue weighted by Gasteiger charge is 2.29. The maximum atomic E-state index is 13.3. The molecule has 4 N–H and O–H groups in total. The van der Waals surface area contributed by atoms with E-state index >= 15 is 0 Å². The number of carbonyl (C=O) groups excluding carboxylic acids is 2. The molecule has 0 saturated carbocycles. The molecule has 1 atom stereocenters. The van der Waals surface area contributed by atoms with Crippen LogP contribution in [0.1, 0.15) is 38.7 Å². The summed E-state index contributed by atoms with van der Waals surface area (Å²) in [5.41, 5.74) is 6.70. The van der Waals surface area contributed by atoms with Crippen LogP contribution in [0.25, 0.3) is 0 Å². The van der Waals surface area contributed by atoms with Crippen LogP contribution < -0.4 is 27.2 Å². The van der Waals surface area contributed by atoms with E-state index in [4.69, 9.17) is 10.5 Å². The molecule has 0 radical (unpaired) electrons. The normalized spacial score (nSPS) is 15.2. The van der Waals surface area contributed by atoms with Crippen LogP contribution in [-0.4, -0.2) is 41.6 Å². The largest absolute Gasteiger partial charge is 0.385 e. The van der Waals surface area contributed by atoms with Crippen molar-refractivity contribution in [3.8, 4) is 0 Å². The van der Waals surface area contributed by atoms with Crippen molar-refractivity contribution in [3.05, 3.63) is 50.7 Å². The molecule has 2 aromatic rings. The van der Waals surface area contributed by atoms with Crippen molar-refractivity contribution < 1.29 is 14.3 Å². The van der Waals surface area contributed by atoms with Crippen LogP contribution in [0.5, 0.6) is 0 Å². The van der Waals surface area contributed by atoms with Crippen molar-refractivity contribution in [2.24, 2.45) is 11.8 Å². The van der Waals surface area contributed by atoms with Crippen LogP contribution in [0.3, 0.4) is 0 Å². The van der Waals surface area contributed by atoms with Crippen LogP contribution in [0.15, 0.2) is 33.9 Å². The summed E-state index contributed by atoms with van der Waals surface area (Å²) in [6.07, 6.45) is 1.39. The summed E-state index contributed by atoms with van der Waals surface area (Å²) < 4.78 is 6.38. The van der Waals surface area contributed by atoms with E-state index in [1.165, 1.54) is 9.47 Å². The average Bonchev–Trinajstić information content (AvgIpc) is 2.79. The van der Waals surface area contributed by atoms with E-state index < -0.39 is 11.2 Å². The number of H-pyrrole nitrogens is 1. The zero-order chi connectivity index (χ0) is 24.8. The Morgan fingerprint density at radius 3 is 2.71 bits per heavy atom. The topological polar surface area (TPSA) is 140 Å². The molecule has 1 aromatic heterocycles. The van der Waals surface area contributed by atoms with Gasteiger partial charge in [-0.3, -0.25) is 23.9 Å². The zero-order valence-corrected chi connectivity index (χ0v) is 19.9. The molecule has 3 rings (SSSR count). The molecule has 0 aliphatic carbocycles. The summed E-state index contributed by atoms with van der Waals surface area (Å²) in [4.78, 5) is 54.5. The molecule has 1 aliphatic rings. The number of carbonyl (C=O) groups is 2. The number of para-hydroxylation sites is 1. The van der Waals surface area contributed by atoms with E-state index in [2.05, 4.69) is 10.3 Å². The third-order valence-corrected chi connectivity index (χ3v) is 5.88. The fourth-order valence-electron chi connectivity index (χ4n) is 4.19. The van der Waals surface area contributed by atoms with Crippen LogP contribution in [0, 0.1) is 11.8 Å². The van der Waals surface area contributed by atoms with Gasteiger partial charge >= 0.3 is 5.69 Å². The van der Waals surface area contributed by atoms with Crippen molar-refractivity contribution in [3.63, 3.8) is 0 Å². The number of nitrogen functional groups attached to an aromatic ring is 1. The predicted octanol–water partition coefficient (Wildman–Crippen LogP) is 1.74. The van der Waals surface area contributed by atoms with E-state index in [-0.39, 0.29) is 48.1 Å². The smallest absolute Gasteiger partial charge is 0.330 e. The van der Waals surface area contributed by atoms with Gasteiger partial charge in [-0.1, -0.05) is 32.0 Å². The second-order valence-corrected chi connectivity index (χ2v) is 8.98. The van der Waals surface area contributed by atoms with Crippen molar-refractivity contribution in [2.75, 3.05) is 36.2 Å². The number of aromatic nitrogens is 2. The number of nitrogens with one attached hydrogen (secondary N) is 2. The summed E-state index contributed by atoms with van der Waals surface area (Å²) in [7, 11) is 1.55. The average molecular weight is 472 g/mol. The Bertz CT molecular complexity index is 1150. The Hall–Kier alpha value is -3.40. The molecule has 0 bridgehead atoms. The lowest BCUT2D eigenvalue weighted by atomic mass is 9.89. The van der Waals surface area contributed by atoms with Gasteiger partial charge < -0.3 is 20.7 Å². The number of ether oxygens (including phenoxy) is 1. The fraction of sp³-hybridized carbons (Fsp3) is 0.500. The fourth-order valence-corrected chi connectivity index (χ4v) is 4.19. The first-order chi connectivity index (χ1) is 16.2. The molecular formula is C24H33N5O5. The number of rotatable bonds is 10. The van der Waals surface area contributed by atoms with Gasteiger partial charge in [-0.15, -0.1) is 0 Å². The predicted molar refractivity (Wildman–Crippen MR) is 131 cm³/mol. The minimum absolute atomic E-state index is 0.0419. The number of anilines is 3. The summed E-state index contributed by atoms with van der Waals surface area (Å²) in [6, 6.07) is 7.59. The lowest BCUT2D eigenvalue weighted by molar-refractivity contribution is -0.121. The molecule has 0 fully saturated rings. The van der Waals surface area contributed by atoms with Crippen molar-refractivity contribution >= 4 is 29.0 Å². The quantitative estimate of drug-likeness (QED) is 0.451. The van der Waals surface area contributed by atoms with Gasteiger partial charge in [-0.05, 0) is 36.8 Å². The number of methoxy groups -OCH3 is 1. The molecule has 184 valence electrons. The van der Waals surface area contributed by atoms with Crippen molar-refractivity contribution in [1.82, 2.24) is 9.55 Å². The standard InChI is InChI=1S/C24H33N5O5/c1-15(2)14-29-21(25)20(23(32)27-24(29)33)28(11-6-12-34-3)19(30)10-9-17-13-16-7-4-5-8-18(16)26-22(17)31/h4-5,7-8,15,17H,6,9-14,25H2,1-3H3,(H,26,31)(H,27,32,33). The number of hydrogen-bond acceptors (Lipinski definition) is 6. The zero-order valence-electron chi connectivity index (χ0n) is 19.9. The van der Waals surface area contributed by atoms with Gasteiger partial charge in [0.05, 0.1) is 0 Å². The number of hydrogen-bond donors (Lipinski definition) is 3. The maximum absolute atomic E-state index is 13.3. The third kappa shape index (κ3) is 5.74. The SMILES string of the molecule is COCCCN(C(=O)CCC1Cc2ccccc2NC1=O)c1c(N)n(CC(C)C)c(=O)[nH]c1=O. The maximum Gasteiger partial charge on any atom is 0.330 e. The first-order valence-electron chi connectivity index (χ1n) is 11.5. The van der Waals surface area contributed by atoms with Gasteiger partial charge in [0.15, 0.2) is 5.69 Å². The van der Waals surface area contributed by atoms with E-state index in [9.17, 15) is 19.2 Å². The minimum atomic E-state index is -0.711. The Balaban J connectivity index is 1.84. The monoisotopic (exact) mass is 471 g/mol. The lowest BCUT2D eigenvalue weighted by Crippen LogP contribution is -2.42. The number of amides is 2. The molecule has 1 aromatic carbocycles. The molecule has 10 heteroatoms. The minimum Gasteiger partial charge on any atom is -0.385 e. The summed E-state index contributed by atoms with van der Waals surface area (Å²) >= 11 is 0. The van der Waals surface area contributed by atoms with Crippen LogP contribution in [0.2, 0.25) is 0 Å². The van der Waals surface area contributed by atoms with Gasteiger partial charge in [0, 0.05) is 44.8 Å². The first kappa shape index (κ1) is 25.2. The van der Waals surface area contributed by atoms with E-state index in [0.29, 0.717) is 32.4 Å². The van der Waals surface area contributed by atoms with Gasteiger partial charge in [0.1, 0.15) is 5.82 Å². The molecule has 34 heavy (non-hydrogen) atoms. The third-order valence-electron chi connectivity index (χ3n) is 5.88. The molecule has 10 nitrogen and oxygen atoms in total. The van der Waals surface area contributed by atoms with Crippen LogP contribution >= 0.6 is 0 Å². The number of aromatic amines is 1. The van der Waals surface area contributed by atoms with E-state index in [0.717, 1.165) is 11.3 Å². The number of fused-ring (bicyclic) bond motifs is 1. The molecule has 1 unspecified atom stereocenters. The molecule has 0 spiro atoms. The molecule has 0 saturated heterocycles. The molecular weight excluding hydrogens is 438 g/mol. The molecule has 2 heterocycles. The van der Waals surface area contributed by atoms with Gasteiger partial charge in [-0.25, -0.2) is 4.79 Å². The highest BCUT2D eigenvalue weighted by atomic mass is 16.5. The Morgan fingerprint density at radius 1 is 1.26 bits per heavy atom. The highest BCUT2D eigenvalue weighted by Crippen LogP contribution is 2.28.